The number of halogens is 1. The van der Waals surface area contributed by atoms with Gasteiger partial charge in [0.05, 0.1) is 11.4 Å². The molecule has 3 N–H and O–H groups in total. The van der Waals surface area contributed by atoms with Gasteiger partial charge in [0.15, 0.2) is 0 Å². The lowest BCUT2D eigenvalue weighted by Gasteiger charge is -2.12. The molecule has 0 radical (unpaired) electrons. The van der Waals surface area contributed by atoms with Gasteiger partial charge < -0.3 is 11.1 Å². The Bertz CT molecular complexity index is 500. The number of aryl methyl sites for hydroxylation is 2. The third-order valence-electron chi connectivity index (χ3n) is 2.66. The maximum Gasteiger partial charge on any atom is 0.0618 e. The van der Waals surface area contributed by atoms with Crippen LogP contribution in [0.1, 0.15) is 11.1 Å². The van der Waals surface area contributed by atoms with Crippen molar-refractivity contribution in [1.29, 1.82) is 0 Å². The van der Waals surface area contributed by atoms with Gasteiger partial charge in [-0.15, -0.1) is 0 Å². The second-order valence-corrected chi connectivity index (χ2v) is 5.09. The Labute approximate surface area is 110 Å². The minimum Gasteiger partial charge on any atom is -0.397 e. The number of nitrogens with one attached hydrogen (secondary N) is 1. The molecule has 0 saturated carbocycles. The molecule has 0 heterocycles. The molecule has 0 atom stereocenters. The standard InChI is InChI=1S/C14H15BrN2/c1-9-3-5-13(10(2)7-9)17-14-6-4-11(15)8-12(14)16/h3-8,17H,16H2,1-2H3. The summed E-state index contributed by atoms with van der Waals surface area (Å²) < 4.78 is 0.987. The lowest BCUT2D eigenvalue weighted by molar-refractivity contribution is 1.37. The quantitative estimate of drug-likeness (QED) is 0.805. The van der Waals surface area contributed by atoms with Crippen molar-refractivity contribution < 1.29 is 0 Å². The van der Waals surface area contributed by atoms with Crippen LogP contribution in [-0.2, 0) is 0 Å². The van der Waals surface area contributed by atoms with Gasteiger partial charge >= 0.3 is 0 Å². The van der Waals surface area contributed by atoms with E-state index >= 15 is 0 Å². The second-order valence-electron chi connectivity index (χ2n) is 4.17. The number of hydrogen-bond donors (Lipinski definition) is 2. The minimum absolute atomic E-state index is 0.736. The summed E-state index contributed by atoms with van der Waals surface area (Å²) in [5, 5.41) is 3.35. The Kier molecular flexibility index (Phi) is 3.38. The summed E-state index contributed by atoms with van der Waals surface area (Å²) in [7, 11) is 0. The summed E-state index contributed by atoms with van der Waals surface area (Å²) in [6, 6.07) is 12.2. The zero-order chi connectivity index (χ0) is 12.4. The Morgan fingerprint density at radius 1 is 1.00 bits per heavy atom. The Morgan fingerprint density at radius 2 is 1.71 bits per heavy atom. The summed E-state index contributed by atoms with van der Waals surface area (Å²) in [5.74, 6) is 0. The molecule has 0 unspecified atom stereocenters. The van der Waals surface area contributed by atoms with E-state index in [9.17, 15) is 0 Å². The van der Waals surface area contributed by atoms with Crippen molar-refractivity contribution in [3.05, 3.63) is 52.0 Å². The van der Waals surface area contributed by atoms with Gasteiger partial charge in [-0.25, -0.2) is 0 Å². The van der Waals surface area contributed by atoms with E-state index in [0.29, 0.717) is 0 Å². The summed E-state index contributed by atoms with van der Waals surface area (Å²) >= 11 is 3.40. The van der Waals surface area contributed by atoms with Crippen molar-refractivity contribution in [2.75, 3.05) is 11.1 Å². The molecule has 17 heavy (non-hydrogen) atoms. The average Bonchev–Trinajstić information content (AvgIpc) is 2.25. The van der Waals surface area contributed by atoms with E-state index in [2.05, 4.69) is 53.3 Å². The molecule has 2 aromatic carbocycles. The first-order valence-electron chi connectivity index (χ1n) is 5.45. The lowest BCUT2D eigenvalue weighted by Crippen LogP contribution is -1.97. The SMILES string of the molecule is Cc1ccc(Nc2ccc(Br)cc2N)c(C)c1. The number of anilines is 3. The zero-order valence-electron chi connectivity index (χ0n) is 9.92. The predicted octanol–water partition coefficient (Wildman–Crippen LogP) is 4.39. The molecule has 0 aromatic heterocycles. The smallest absolute Gasteiger partial charge is 0.0618 e. The maximum absolute atomic E-state index is 5.96. The van der Waals surface area contributed by atoms with Gasteiger partial charge in [-0.3, -0.25) is 0 Å². The Morgan fingerprint density at radius 3 is 2.35 bits per heavy atom. The second kappa shape index (κ2) is 4.80. The number of hydrogen-bond acceptors (Lipinski definition) is 2. The first-order chi connectivity index (χ1) is 8.06. The molecule has 88 valence electrons. The minimum atomic E-state index is 0.736. The predicted molar refractivity (Wildman–Crippen MR) is 77.8 cm³/mol. The first kappa shape index (κ1) is 12.0. The lowest BCUT2D eigenvalue weighted by atomic mass is 10.1. The molecular formula is C14H15BrN2. The van der Waals surface area contributed by atoms with Gasteiger partial charge in [0.2, 0.25) is 0 Å². The van der Waals surface area contributed by atoms with Gasteiger partial charge in [0.1, 0.15) is 0 Å². The third-order valence-corrected chi connectivity index (χ3v) is 3.16. The maximum atomic E-state index is 5.96. The third kappa shape index (κ3) is 2.80. The number of nitrogen functional groups attached to an aromatic ring is 1. The number of rotatable bonds is 2. The normalized spacial score (nSPS) is 10.3. The van der Waals surface area contributed by atoms with Crippen molar-refractivity contribution in [2.45, 2.75) is 13.8 Å². The van der Waals surface area contributed by atoms with E-state index in [-0.39, 0.29) is 0 Å². The summed E-state index contributed by atoms with van der Waals surface area (Å²) in [6.45, 7) is 4.18. The first-order valence-corrected chi connectivity index (χ1v) is 6.25. The van der Waals surface area contributed by atoms with E-state index in [0.717, 1.165) is 21.5 Å². The van der Waals surface area contributed by atoms with Gasteiger partial charge in [0, 0.05) is 10.2 Å². The molecule has 0 fully saturated rings. The molecule has 0 aliphatic heterocycles. The van der Waals surface area contributed by atoms with Crippen LogP contribution in [-0.4, -0.2) is 0 Å². The van der Waals surface area contributed by atoms with Gasteiger partial charge in [-0.1, -0.05) is 33.6 Å². The van der Waals surface area contributed by atoms with E-state index < -0.39 is 0 Å². The highest BCUT2D eigenvalue weighted by molar-refractivity contribution is 9.10. The summed E-state index contributed by atoms with van der Waals surface area (Å²) in [6.07, 6.45) is 0. The van der Waals surface area contributed by atoms with Crippen LogP contribution >= 0.6 is 15.9 Å². The average molecular weight is 291 g/mol. The van der Waals surface area contributed by atoms with Crippen LogP contribution in [0, 0.1) is 13.8 Å². The van der Waals surface area contributed by atoms with E-state index in [1.165, 1.54) is 11.1 Å². The van der Waals surface area contributed by atoms with Gasteiger partial charge in [0.25, 0.3) is 0 Å². The monoisotopic (exact) mass is 290 g/mol. The zero-order valence-corrected chi connectivity index (χ0v) is 11.5. The van der Waals surface area contributed by atoms with Gasteiger partial charge in [-0.05, 0) is 43.7 Å². The molecule has 2 aromatic rings. The molecule has 0 bridgehead atoms. The van der Waals surface area contributed by atoms with E-state index in [1.807, 2.05) is 18.2 Å². The number of nitrogens with two attached hydrogens (primary N) is 1. The molecule has 3 heteroatoms. The van der Waals surface area contributed by atoms with Crippen LogP contribution < -0.4 is 11.1 Å². The fourth-order valence-corrected chi connectivity index (χ4v) is 2.13. The molecule has 0 spiro atoms. The molecule has 0 aliphatic rings. The Balaban J connectivity index is 2.31. The largest absolute Gasteiger partial charge is 0.397 e. The molecule has 0 aliphatic carbocycles. The fourth-order valence-electron chi connectivity index (χ4n) is 1.75. The van der Waals surface area contributed by atoms with Crippen LogP contribution in [0.4, 0.5) is 17.1 Å². The van der Waals surface area contributed by atoms with Crippen molar-refractivity contribution in [1.82, 2.24) is 0 Å². The van der Waals surface area contributed by atoms with E-state index in [4.69, 9.17) is 5.73 Å². The van der Waals surface area contributed by atoms with Crippen molar-refractivity contribution >= 4 is 33.0 Å². The Hall–Kier alpha value is -1.48. The van der Waals surface area contributed by atoms with Crippen LogP contribution in [0.5, 0.6) is 0 Å². The van der Waals surface area contributed by atoms with E-state index in [1.54, 1.807) is 0 Å². The van der Waals surface area contributed by atoms with Crippen molar-refractivity contribution in [2.24, 2.45) is 0 Å². The summed E-state index contributed by atoms with van der Waals surface area (Å²) in [5.41, 5.74) is 11.2. The molecule has 0 amide bonds. The molecule has 2 rings (SSSR count). The highest BCUT2D eigenvalue weighted by Crippen LogP contribution is 2.28. The number of benzene rings is 2. The van der Waals surface area contributed by atoms with Crippen LogP contribution in [0.25, 0.3) is 0 Å². The van der Waals surface area contributed by atoms with Gasteiger partial charge in [-0.2, -0.15) is 0 Å². The molecular weight excluding hydrogens is 276 g/mol. The van der Waals surface area contributed by atoms with Crippen LogP contribution in [0.3, 0.4) is 0 Å². The van der Waals surface area contributed by atoms with Crippen molar-refractivity contribution in [3.63, 3.8) is 0 Å². The highest BCUT2D eigenvalue weighted by atomic mass is 79.9. The fraction of sp³-hybridized carbons (Fsp3) is 0.143. The summed E-state index contributed by atoms with van der Waals surface area (Å²) in [4.78, 5) is 0. The van der Waals surface area contributed by atoms with Crippen molar-refractivity contribution in [3.8, 4) is 0 Å². The molecule has 2 nitrogen and oxygen atoms in total. The van der Waals surface area contributed by atoms with Crippen LogP contribution in [0.15, 0.2) is 40.9 Å². The highest BCUT2D eigenvalue weighted by Gasteiger charge is 2.02. The topological polar surface area (TPSA) is 38.0 Å². The van der Waals surface area contributed by atoms with Crippen LogP contribution in [0.2, 0.25) is 0 Å². The molecule has 0 saturated heterocycles.